The first-order chi connectivity index (χ1) is 12.7. The van der Waals surface area contributed by atoms with Crippen LogP contribution in [0.5, 0.6) is 0 Å². The quantitative estimate of drug-likeness (QED) is 0.613. The molecule has 26 heavy (non-hydrogen) atoms. The molecule has 3 aromatic rings. The lowest BCUT2D eigenvalue weighted by atomic mass is 10.1. The Morgan fingerprint density at radius 1 is 1.08 bits per heavy atom. The number of nitrogens with one attached hydrogen (secondary N) is 1. The summed E-state index contributed by atoms with van der Waals surface area (Å²) in [6.45, 7) is 0.207. The topological polar surface area (TPSA) is 38.3 Å². The number of amides is 1. The average molecular weight is 382 g/mol. The summed E-state index contributed by atoms with van der Waals surface area (Å²) in [5.74, 6) is 6.17. The summed E-state index contributed by atoms with van der Waals surface area (Å²) in [7, 11) is 0. The Kier molecular flexibility index (Phi) is 6.32. The molecule has 0 unspecified atom stereocenters. The average Bonchev–Trinajstić information content (AvgIpc) is 3.19. The van der Waals surface area contributed by atoms with Gasteiger partial charge in [-0.2, -0.15) is 0 Å². The lowest BCUT2D eigenvalue weighted by Gasteiger charge is -2.14. The van der Waals surface area contributed by atoms with Gasteiger partial charge in [0.2, 0.25) is 0 Å². The number of ether oxygens (including phenoxy) is 1. The van der Waals surface area contributed by atoms with Crippen LogP contribution in [0, 0.1) is 11.8 Å². The number of thiophene rings is 1. The Balaban J connectivity index is 1.70. The summed E-state index contributed by atoms with van der Waals surface area (Å²) in [5.41, 5.74) is 1.77. The summed E-state index contributed by atoms with van der Waals surface area (Å²) >= 11 is 7.50. The maximum absolute atomic E-state index is 12.2. The molecular formula is C21H16ClNO2S. The van der Waals surface area contributed by atoms with Crippen LogP contribution in [0.3, 0.4) is 0 Å². The van der Waals surface area contributed by atoms with Gasteiger partial charge in [-0.25, -0.2) is 4.79 Å². The molecule has 1 heterocycles. The minimum Gasteiger partial charge on any atom is -0.445 e. The van der Waals surface area contributed by atoms with Crippen LogP contribution in [-0.2, 0) is 11.3 Å². The highest BCUT2D eigenvalue weighted by molar-refractivity contribution is 7.10. The van der Waals surface area contributed by atoms with Crippen molar-refractivity contribution in [1.82, 2.24) is 5.32 Å². The second-order valence-electron chi connectivity index (χ2n) is 5.44. The number of rotatable bonds is 4. The number of halogens is 1. The van der Waals surface area contributed by atoms with Gasteiger partial charge in [-0.05, 0) is 34.7 Å². The molecule has 0 saturated heterocycles. The first-order valence-corrected chi connectivity index (χ1v) is 9.24. The molecule has 0 spiro atoms. The smallest absolute Gasteiger partial charge is 0.408 e. The molecule has 0 aliphatic rings. The zero-order valence-corrected chi connectivity index (χ0v) is 15.4. The zero-order chi connectivity index (χ0) is 18.2. The predicted molar refractivity (Wildman–Crippen MR) is 105 cm³/mol. The normalized spacial score (nSPS) is 11.1. The van der Waals surface area contributed by atoms with E-state index >= 15 is 0 Å². The van der Waals surface area contributed by atoms with Gasteiger partial charge in [0.1, 0.15) is 12.6 Å². The SMILES string of the molecule is O=C(N[C@H](C#Cc1cccs1)c1ccc(Cl)cc1)OCc1ccccc1. The Morgan fingerprint density at radius 2 is 1.85 bits per heavy atom. The Hall–Kier alpha value is -2.74. The van der Waals surface area contributed by atoms with Crippen molar-refractivity contribution < 1.29 is 9.53 Å². The molecule has 1 atom stereocenters. The van der Waals surface area contributed by atoms with E-state index in [-0.39, 0.29) is 6.61 Å². The van der Waals surface area contributed by atoms with Gasteiger partial charge in [0, 0.05) is 5.02 Å². The lowest BCUT2D eigenvalue weighted by Crippen LogP contribution is -2.28. The molecule has 0 fully saturated rings. The molecule has 2 aromatic carbocycles. The first-order valence-electron chi connectivity index (χ1n) is 7.98. The van der Waals surface area contributed by atoms with E-state index in [1.807, 2.05) is 60.0 Å². The third-order valence-electron chi connectivity index (χ3n) is 3.54. The number of alkyl carbamates (subject to hydrolysis) is 1. The summed E-state index contributed by atoms with van der Waals surface area (Å²) in [6.07, 6.45) is -0.519. The van der Waals surface area contributed by atoms with E-state index in [2.05, 4.69) is 17.2 Å². The fourth-order valence-corrected chi connectivity index (χ4v) is 2.94. The molecular weight excluding hydrogens is 366 g/mol. The van der Waals surface area contributed by atoms with Crippen molar-refractivity contribution in [3.63, 3.8) is 0 Å². The van der Waals surface area contributed by atoms with Crippen LogP contribution in [-0.4, -0.2) is 6.09 Å². The van der Waals surface area contributed by atoms with E-state index in [0.717, 1.165) is 16.0 Å². The van der Waals surface area contributed by atoms with Crippen molar-refractivity contribution in [1.29, 1.82) is 0 Å². The van der Waals surface area contributed by atoms with Crippen LogP contribution < -0.4 is 5.32 Å². The van der Waals surface area contributed by atoms with Gasteiger partial charge in [-0.1, -0.05) is 72.0 Å². The fraction of sp³-hybridized carbons (Fsp3) is 0.0952. The van der Waals surface area contributed by atoms with Gasteiger partial charge in [0.05, 0.1) is 4.88 Å². The van der Waals surface area contributed by atoms with Crippen LogP contribution in [0.1, 0.15) is 22.0 Å². The minimum absolute atomic E-state index is 0.207. The molecule has 1 N–H and O–H groups in total. The zero-order valence-electron chi connectivity index (χ0n) is 13.8. The van der Waals surface area contributed by atoms with Crippen molar-refractivity contribution in [2.24, 2.45) is 0 Å². The van der Waals surface area contributed by atoms with Crippen molar-refractivity contribution in [2.45, 2.75) is 12.6 Å². The Labute approximate surface area is 161 Å². The summed E-state index contributed by atoms with van der Waals surface area (Å²) in [5, 5.41) is 5.40. The second kappa shape index (κ2) is 9.10. The van der Waals surface area contributed by atoms with Crippen molar-refractivity contribution >= 4 is 29.0 Å². The van der Waals surface area contributed by atoms with Crippen LogP contribution in [0.4, 0.5) is 4.79 Å². The number of hydrogen-bond acceptors (Lipinski definition) is 3. The molecule has 0 radical (unpaired) electrons. The lowest BCUT2D eigenvalue weighted by molar-refractivity contribution is 0.138. The number of carbonyl (C=O) groups is 1. The van der Waals surface area contributed by atoms with Crippen LogP contribution in [0.15, 0.2) is 72.1 Å². The highest BCUT2D eigenvalue weighted by Gasteiger charge is 2.13. The van der Waals surface area contributed by atoms with Gasteiger partial charge in [-0.15, -0.1) is 11.3 Å². The molecule has 0 saturated carbocycles. The molecule has 5 heteroatoms. The third kappa shape index (κ3) is 5.38. The number of hydrogen-bond donors (Lipinski definition) is 1. The van der Waals surface area contributed by atoms with E-state index in [1.165, 1.54) is 0 Å². The van der Waals surface area contributed by atoms with Crippen molar-refractivity contribution in [3.05, 3.63) is 93.1 Å². The van der Waals surface area contributed by atoms with Crippen molar-refractivity contribution in [2.75, 3.05) is 0 Å². The molecule has 0 bridgehead atoms. The van der Waals surface area contributed by atoms with Gasteiger partial charge in [-0.3, -0.25) is 0 Å². The highest BCUT2D eigenvalue weighted by Crippen LogP contribution is 2.17. The predicted octanol–water partition coefficient (Wildman–Crippen LogP) is 5.42. The second-order valence-corrected chi connectivity index (χ2v) is 6.82. The maximum atomic E-state index is 12.2. The Bertz CT molecular complexity index is 897. The summed E-state index contributed by atoms with van der Waals surface area (Å²) in [4.78, 5) is 13.1. The van der Waals surface area contributed by atoms with E-state index in [0.29, 0.717) is 5.02 Å². The molecule has 130 valence electrons. The van der Waals surface area contributed by atoms with E-state index < -0.39 is 12.1 Å². The largest absolute Gasteiger partial charge is 0.445 e. The fourth-order valence-electron chi connectivity index (χ4n) is 2.23. The minimum atomic E-state index is -0.519. The molecule has 0 aliphatic carbocycles. The Morgan fingerprint density at radius 3 is 2.54 bits per heavy atom. The van der Waals surface area contributed by atoms with E-state index in [1.54, 1.807) is 23.5 Å². The van der Waals surface area contributed by atoms with Gasteiger partial charge >= 0.3 is 6.09 Å². The highest BCUT2D eigenvalue weighted by atomic mass is 35.5. The van der Waals surface area contributed by atoms with Gasteiger partial charge in [0.15, 0.2) is 0 Å². The monoisotopic (exact) mass is 381 g/mol. The summed E-state index contributed by atoms with van der Waals surface area (Å²) in [6, 6.07) is 20.1. The van der Waals surface area contributed by atoms with Crippen LogP contribution >= 0.6 is 22.9 Å². The molecule has 3 rings (SSSR count). The number of benzene rings is 2. The molecule has 0 aliphatic heterocycles. The van der Waals surface area contributed by atoms with E-state index in [9.17, 15) is 4.79 Å². The summed E-state index contributed by atoms with van der Waals surface area (Å²) < 4.78 is 5.30. The van der Waals surface area contributed by atoms with Gasteiger partial charge < -0.3 is 10.1 Å². The third-order valence-corrected chi connectivity index (χ3v) is 4.58. The van der Waals surface area contributed by atoms with Gasteiger partial charge in [0.25, 0.3) is 0 Å². The van der Waals surface area contributed by atoms with Crippen molar-refractivity contribution in [3.8, 4) is 11.8 Å². The standard InChI is InChI=1S/C21H16ClNO2S/c22-18-10-8-17(9-11-18)20(13-12-19-7-4-14-26-19)23-21(24)25-15-16-5-2-1-3-6-16/h1-11,14,20H,15H2,(H,23,24)/t20-/m1/s1. The first kappa shape index (κ1) is 18.1. The molecule has 3 nitrogen and oxygen atoms in total. The number of carbonyl (C=O) groups excluding carboxylic acids is 1. The van der Waals surface area contributed by atoms with Crippen LogP contribution in [0.2, 0.25) is 5.02 Å². The molecule has 1 aromatic heterocycles. The van der Waals surface area contributed by atoms with E-state index in [4.69, 9.17) is 16.3 Å². The van der Waals surface area contributed by atoms with Crippen LogP contribution in [0.25, 0.3) is 0 Å². The molecule has 1 amide bonds. The maximum Gasteiger partial charge on any atom is 0.408 e.